The predicted octanol–water partition coefficient (Wildman–Crippen LogP) is 5.89. The van der Waals surface area contributed by atoms with Gasteiger partial charge in [-0.1, -0.05) is 23.2 Å². The maximum Gasteiger partial charge on any atom is 0.308 e. The molecule has 2 aromatic carbocycles. The first kappa shape index (κ1) is 19.5. The van der Waals surface area contributed by atoms with E-state index in [1.54, 1.807) is 18.2 Å². The van der Waals surface area contributed by atoms with Crippen LogP contribution in [0.5, 0.6) is 5.75 Å². The van der Waals surface area contributed by atoms with Crippen molar-refractivity contribution in [1.82, 2.24) is 4.98 Å². The van der Waals surface area contributed by atoms with E-state index in [1.807, 2.05) is 31.2 Å². The Morgan fingerprint density at radius 2 is 1.96 bits per heavy atom. The van der Waals surface area contributed by atoms with Crippen molar-refractivity contribution in [3.63, 3.8) is 0 Å². The molecule has 0 unspecified atom stereocenters. The number of ether oxygens (including phenoxy) is 1. The van der Waals surface area contributed by atoms with Crippen LogP contribution in [0.15, 0.2) is 42.5 Å². The number of aliphatic carboxylic acids is 1. The zero-order chi connectivity index (χ0) is 19.4. The number of hydrogen-bond donors (Lipinski definition) is 2. The fourth-order valence-corrected chi connectivity index (χ4v) is 3.91. The molecule has 0 fully saturated rings. The van der Waals surface area contributed by atoms with Crippen molar-refractivity contribution in [2.24, 2.45) is 0 Å². The summed E-state index contributed by atoms with van der Waals surface area (Å²) in [6.45, 7) is 2.50. The van der Waals surface area contributed by atoms with Crippen molar-refractivity contribution in [1.29, 1.82) is 0 Å². The van der Waals surface area contributed by atoms with E-state index in [4.69, 9.17) is 27.9 Å². The summed E-state index contributed by atoms with van der Waals surface area (Å²) in [7, 11) is 0. The molecule has 0 amide bonds. The molecule has 2 N–H and O–H groups in total. The summed E-state index contributed by atoms with van der Waals surface area (Å²) in [6.07, 6.45) is -0.115. The number of thiazole rings is 1. The predicted molar refractivity (Wildman–Crippen MR) is 110 cm³/mol. The summed E-state index contributed by atoms with van der Waals surface area (Å²) in [5.74, 6) is -0.163. The minimum Gasteiger partial charge on any atom is -0.494 e. The number of carboxylic acids is 1. The molecule has 0 aliphatic rings. The Balaban J connectivity index is 1.93. The molecule has 27 heavy (non-hydrogen) atoms. The molecular formula is C19H16Cl2N2O3S. The number of nitrogens with one attached hydrogen (secondary N) is 1. The van der Waals surface area contributed by atoms with Crippen LogP contribution in [-0.2, 0) is 11.2 Å². The maximum absolute atomic E-state index is 11.3. The molecule has 0 saturated carbocycles. The van der Waals surface area contributed by atoms with Crippen molar-refractivity contribution in [2.75, 3.05) is 11.9 Å². The molecule has 140 valence electrons. The Hall–Kier alpha value is -2.28. The molecule has 1 heterocycles. The van der Waals surface area contributed by atoms with Crippen molar-refractivity contribution in [3.8, 4) is 17.0 Å². The van der Waals surface area contributed by atoms with E-state index >= 15 is 0 Å². The highest BCUT2D eigenvalue weighted by Gasteiger charge is 2.17. The molecule has 0 aliphatic heterocycles. The number of hydrogen-bond acceptors (Lipinski definition) is 5. The molecule has 0 saturated heterocycles. The SMILES string of the molecule is CCOc1ccc(-c2nc(Nc3ccc(Cl)cc3Cl)sc2CC(=O)O)cc1. The van der Waals surface area contributed by atoms with Gasteiger partial charge in [-0.2, -0.15) is 0 Å². The molecule has 0 spiro atoms. The van der Waals surface area contributed by atoms with Crippen LogP contribution >= 0.6 is 34.5 Å². The van der Waals surface area contributed by atoms with Gasteiger partial charge in [-0.15, -0.1) is 11.3 Å². The van der Waals surface area contributed by atoms with Gasteiger partial charge in [0.25, 0.3) is 0 Å². The number of nitrogens with zero attached hydrogens (tertiary/aromatic N) is 1. The molecule has 0 atom stereocenters. The third kappa shape index (κ3) is 4.91. The Morgan fingerprint density at radius 3 is 2.59 bits per heavy atom. The zero-order valence-electron chi connectivity index (χ0n) is 14.3. The number of rotatable bonds is 7. The highest BCUT2D eigenvalue weighted by Crippen LogP contribution is 2.35. The van der Waals surface area contributed by atoms with Crippen LogP contribution in [-0.4, -0.2) is 22.7 Å². The van der Waals surface area contributed by atoms with Crippen LogP contribution in [0.1, 0.15) is 11.8 Å². The van der Waals surface area contributed by atoms with Gasteiger partial charge in [0.2, 0.25) is 0 Å². The van der Waals surface area contributed by atoms with Crippen molar-refractivity contribution < 1.29 is 14.6 Å². The van der Waals surface area contributed by atoms with Crippen LogP contribution in [0.25, 0.3) is 11.3 Å². The smallest absolute Gasteiger partial charge is 0.308 e. The van der Waals surface area contributed by atoms with E-state index in [9.17, 15) is 9.90 Å². The van der Waals surface area contributed by atoms with Gasteiger partial charge in [0, 0.05) is 15.5 Å². The van der Waals surface area contributed by atoms with Crippen LogP contribution in [0.2, 0.25) is 10.0 Å². The van der Waals surface area contributed by atoms with Gasteiger partial charge in [-0.05, 0) is 49.4 Å². The number of benzene rings is 2. The van der Waals surface area contributed by atoms with Gasteiger partial charge in [-0.25, -0.2) is 4.98 Å². The second-order valence-corrected chi connectivity index (χ2v) is 7.50. The minimum atomic E-state index is -0.915. The first-order valence-electron chi connectivity index (χ1n) is 8.13. The largest absolute Gasteiger partial charge is 0.494 e. The Bertz CT molecular complexity index is 958. The quantitative estimate of drug-likeness (QED) is 0.496. The molecule has 1 aromatic heterocycles. The van der Waals surface area contributed by atoms with E-state index in [0.717, 1.165) is 11.3 Å². The molecule has 0 bridgehead atoms. The Labute approximate surface area is 170 Å². The topological polar surface area (TPSA) is 71.5 Å². The number of carboxylic acid groups (broad SMARTS) is 1. The lowest BCUT2D eigenvalue weighted by molar-refractivity contribution is -0.136. The van der Waals surface area contributed by atoms with Gasteiger partial charge >= 0.3 is 5.97 Å². The van der Waals surface area contributed by atoms with Crippen molar-refractivity contribution in [3.05, 3.63) is 57.4 Å². The third-order valence-electron chi connectivity index (χ3n) is 3.62. The molecule has 0 aliphatic carbocycles. The van der Waals surface area contributed by atoms with E-state index in [0.29, 0.717) is 38.0 Å². The highest BCUT2D eigenvalue weighted by atomic mass is 35.5. The van der Waals surface area contributed by atoms with Gasteiger partial charge in [-0.3, -0.25) is 4.79 Å². The van der Waals surface area contributed by atoms with Gasteiger partial charge < -0.3 is 15.2 Å². The molecule has 0 radical (unpaired) electrons. The average molecular weight is 423 g/mol. The lowest BCUT2D eigenvalue weighted by Crippen LogP contribution is -1.99. The number of anilines is 2. The molecule has 5 nitrogen and oxygen atoms in total. The maximum atomic E-state index is 11.3. The summed E-state index contributed by atoms with van der Waals surface area (Å²) in [5, 5.41) is 13.9. The standard InChI is InChI=1S/C19H16Cl2N2O3S/c1-2-26-13-6-3-11(4-7-13)18-16(10-17(24)25)27-19(23-18)22-15-8-5-12(20)9-14(15)21/h3-9H,2,10H2,1H3,(H,22,23)(H,24,25). The summed E-state index contributed by atoms with van der Waals surface area (Å²) >= 11 is 13.4. The van der Waals surface area contributed by atoms with Gasteiger partial charge in [0.1, 0.15) is 5.75 Å². The Kier molecular flexibility index (Phi) is 6.21. The van der Waals surface area contributed by atoms with Gasteiger partial charge in [0.05, 0.1) is 29.4 Å². The normalized spacial score (nSPS) is 10.6. The van der Waals surface area contributed by atoms with E-state index in [-0.39, 0.29) is 6.42 Å². The fraction of sp³-hybridized carbons (Fsp3) is 0.158. The molecular weight excluding hydrogens is 407 g/mol. The third-order valence-corrected chi connectivity index (χ3v) is 5.14. The fourth-order valence-electron chi connectivity index (χ4n) is 2.47. The number of carbonyl (C=O) groups is 1. The van der Waals surface area contributed by atoms with E-state index in [1.165, 1.54) is 11.3 Å². The number of halogens is 2. The van der Waals surface area contributed by atoms with Crippen LogP contribution < -0.4 is 10.1 Å². The summed E-state index contributed by atoms with van der Waals surface area (Å²) in [6, 6.07) is 12.5. The van der Waals surface area contributed by atoms with Crippen LogP contribution in [0.3, 0.4) is 0 Å². The Morgan fingerprint density at radius 1 is 1.22 bits per heavy atom. The average Bonchev–Trinajstić information content (AvgIpc) is 3.00. The minimum absolute atomic E-state index is 0.115. The summed E-state index contributed by atoms with van der Waals surface area (Å²) in [5.41, 5.74) is 2.09. The monoisotopic (exact) mass is 422 g/mol. The first-order chi connectivity index (χ1) is 13.0. The summed E-state index contributed by atoms with van der Waals surface area (Å²) < 4.78 is 5.45. The summed E-state index contributed by atoms with van der Waals surface area (Å²) in [4.78, 5) is 16.5. The van der Waals surface area contributed by atoms with E-state index in [2.05, 4.69) is 10.3 Å². The molecule has 8 heteroatoms. The number of aromatic nitrogens is 1. The second-order valence-electron chi connectivity index (χ2n) is 5.57. The lowest BCUT2D eigenvalue weighted by atomic mass is 10.1. The van der Waals surface area contributed by atoms with Crippen LogP contribution in [0, 0.1) is 0 Å². The molecule has 3 rings (SSSR count). The van der Waals surface area contributed by atoms with Crippen molar-refractivity contribution in [2.45, 2.75) is 13.3 Å². The second kappa shape index (κ2) is 8.61. The van der Waals surface area contributed by atoms with Crippen LogP contribution in [0.4, 0.5) is 10.8 Å². The van der Waals surface area contributed by atoms with E-state index < -0.39 is 5.97 Å². The molecule has 3 aromatic rings. The highest BCUT2D eigenvalue weighted by molar-refractivity contribution is 7.16. The first-order valence-corrected chi connectivity index (χ1v) is 9.70. The van der Waals surface area contributed by atoms with Gasteiger partial charge in [0.15, 0.2) is 5.13 Å². The lowest BCUT2D eigenvalue weighted by Gasteiger charge is -2.05. The van der Waals surface area contributed by atoms with Crippen molar-refractivity contribution >= 4 is 51.3 Å². The zero-order valence-corrected chi connectivity index (χ0v) is 16.7.